The zero-order chi connectivity index (χ0) is 21.2. The van der Waals surface area contributed by atoms with Crippen molar-refractivity contribution in [2.45, 2.75) is 25.3 Å². The van der Waals surface area contributed by atoms with E-state index >= 15 is 0 Å². The standard InChI is InChI=1S/C21H21N7O3/c1-22-11-15-9-20(24-12-23-15)30-16-4-5-18-14(8-16)6-7-28(18)31-21(29)25-19-10-17(26-27-19)13-2-3-13/h4-10,12-13,22H,2-3,11H2,1H3,(H2,25,26,27,29). The van der Waals surface area contributed by atoms with Crippen molar-refractivity contribution in [1.82, 2.24) is 30.2 Å². The number of amides is 1. The Morgan fingerprint density at radius 3 is 2.97 bits per heavy atom. The van der Waals surface area contributed by atoms with Gasteiger partial charge in [-0.1, -0.05) is 0 Å². The first-order valence-corrected chi connectivity index (χ1v) is 9.97. The van der Waals surface area contributed by atoms with Crippen LogP contribution in [0.2, 0.25) is 0 Å². The van der Waals surface area contributed by atoms with Crippen LogP contribution in [0.25, 0.3) is 10.9 Å². The maximum Gasteiger partial charge on any atom is 0.437 e. The van der Waals surface area contributed by atoms with Crippen LogP contribution in [0.5, 0.6) is 11.6 Å². The molecule has 1 amide bonds. The fourth-order valence-corrected chi connectivity index (χ4v) is 3.29. The molecule has 158 valence electrons. The molecule has 10 nitrogen and oxygen atoms in total. The molecule has 1 saturated carbocycles. The average Bonchev–Trinajstić information content (AvgIpc) is 3.39. The van der Waals surface area contributed by atoms with E-state index in [1.165, 1.54) is 11.1 Å². The summed E-state index contributed by atoms with van der Waals surface area (Å²) in [6, 6.07) is 10.9. The second kappa shape index (κ2) is 8.07. The summed E-state index contributed by atoms with van der Waals surface area (Å²) in [6.45, 7) is 0.625. The van der Waals surface area contributed by atoms with Gasteiger partial charge in [-0.2, -0.15) is 9.83 Å². The molecular formula is C21H21N7O3. The quantitative estimate of drug-likeness (QED) is 0.421. The van der Waals surface area contributed by atoms with Crippen molar-refractivity contribution in [2.75, 3.05) is 12.4 Å². The van der Waals surface area contributed by atoms with Crippen LogP contribution in [0.4, 0.5) is 10.6 Å². The predicted octanol–water partition coefficient (Wildman–Crippen LogP) is 3.20. The monoisotopic (exact) mass is 419 g/mol. The van der Waals surface area contributed by atoms with Crippen LogP contribution in [0.3, 0.4) is 0 Å². The van der Waals surface area contributed by atoms with Gasteiger partial charge in [0, 0.05) is 41.9 Å². The lowest BCUT2D eigenvalue weighted by Crippen LogP contribution is -2.24. The van der Waals surface area contributed by atoms with Gasteiger partial charge in [-0.15, -0.1) is 0 Å². The molecule has 0 spiro atoms. The Kier molecular flexibility index (Phi) is 4.97. The first kappa shape index (κ1) is 19.1. The summed E-state index contributed by atoms with van der Waals surface area (Å²) in [5.41, 5.74) is 2.60. The fourth-order valence-electron chi connectivity index (χ4n) is 3.29. The highest BCUT2D eigenvalue weighted by Gasteiger charge is 2.25. The molecule has 10 heteroatoms. The molecule has 1 aliphatic rings. The maximum atomic E-state index is 12.3. The van der Waals surface area contributed by atoms with E-state index in [0.29, 0.717) is 29.9 Å². The predicted molar refractivity (Wildman–Crippen MR) is 113 cm³/mol. The molecule has 3 heterocycles. The number of anilines is 1. The van der Waals surface area contributed by atoms with Crippen LogP contribution >= 0.6 is 0 Å². The van der Waals surface area contributed by atoms with Gasteiger partial charge >= 0.3 is 6.09 Å². The number of rotatable bonds is 7. The number of fused-ring (bicyclic) bond motifs is 1. The number of hydrogen-bond donors (Lipinski definition) is 3. The highest BCUT2D eigenvalue weighted by atomic mass is 16.7. The largest absolute Gasteiger partial charge is 0.439 e. The van der Waals surface area contributed by atoms with Crippen molar-refractivity contribution >= 4 is 22.8 Å². The Balaban J connectivity index is 1.26. The molecule has 4 aromatic rings. The summed E-state index contributed by atoms with van der Waals surface area (Å²) in [4.78, 5) is 26.0. The van der Waals surface area contributed by atoms with Crippen molar-refractivity contribution in [3.8, 4) is 11.6 Å². The van der Waals surface area contributed by atoms with Gasteiger partial charge in [0.2, 0.25) is 5.88 Å². The van der Waals surface area contributed by atoms with E-state index in [-0.39, 0.29) is 0 Å². The lowest BCUT2D eigenvalue weighted by atomic mass is 10.2. The summed E-state index contributed by atoms with van der Waals surface area (Å²) >= 11 is 0. The van der Waals surface area contributed by atoms with Crippen molar-refractivity contribution < 1.29 is 14.4 Å². The van der Waals surface area contributed by atoms with Gasteiger partial charge in [0.1, 0.15) is 12.1 Å². The Morgan fingerprint density at radius 1 is 1.23 bits per heavy atom. The van der Waals surface area contributed by atoms with Crippen molar-refractivity contribution in [3.63, 3.8) is 0 Å². The average molecular weight is 419 g/mol. The Bertz CT molecular complexity index is 1230. The summed E-state index contributed by atoms with van der Waals surface area (Å²) in [5.74, 6) is 2.05. The molecular weight excluding hydrogens is 398 g/mol. The SMILES string of the molecule is CNCc1cc(Oc2ccc3c(ccn3OC(=O)Nc3cc(C4CC4)[nH]n3)c2)ncn1. The van der Waals surface area contributed by atoms with Gasteiger partial charge in [0.05, 0.1) is 11.2 Å². The van der Waals surface area contributed by atoms with Crippen LogP contribution in [0.1, 0.15) is 30.1 Å². The van der Waals surface area contributed by atoms with E-state index in [9.17, 15) is 4.79 Å². The first-order chi connectivity index (χ1) is 15.2. The van der Waals surface area contributed by atoms with Gasteiger partial charge in [-0.3, -0.25) is 10.4 Å². The molecule has 1 aromatic carbocycles. The van der Waals surface area contributed by atoms with Crippen molar-refractivity contribution in [1.29, 1.82) is 0 Å². The number of ether oxygens (including phenoxy) is 1. The Labute approximate surface area is 177 Å². The number of nitrogens with one attached hydrogen (secondary N) is 3. The molecule has 0 atom stereocenters. The summed E-state index contributed by atoms with van der Waals surface area (Å²) in [7, 11) is 1.85. The molecule has 5 rings (SSSR count). The van der Waals surface area contributed by atoms with Crippen LogP contribution in [0, 0.1) is 0 Å². The van der Waals surface area contributed by atoms with Gasteiger partial charge in [0.15, 0.2) is 5.82 Å². The number of aromatic amines is 1. The van der Waals surface area contributed by atoms with Crippen LogP contribution in [-0.2, 0) is 6.54 Å². The van der Waals surface area contributed by atoms with E-state index in [4.69, 9.17) is 9.57 Å². The van der Waals surface area contributed by atoms with E-state index in [0.717, 1.165) is 35.1 Å². The fraction of sp³-hybridized carbons (Fsp3) is 0.238. The lowest BCUT2D eigenvalue weighted by molar-refractivity contribution is 0.153. The molecule has 0 aliphatic heterocycles. The van der Waals surface area contributed by atoms with E-state index in [1.807, 2.05) is 31.3 Å². The third-order valence-electron chi connectivity index (χ3n) is 4.93. The second-order valence-electron chi connectivity index (χ2n) is 7.33. The number of benzene rings is 1. The molecule has 0 radical (unpaired) electrons. The third-order valence-corrected chi connectivity index (χ3v) is 4.93. The Morgan fingerprint density at radius 2 is 2.13 bits per heavy atom. The molecule has 1 aliphatic carbocycles. The van der Waals surface area contributed by atoms with E-state index in [2.05, 4.69) is 30.8 Å². The molecule has 1 fully saturated rings. The zero-order valence-electron chi connectivity index (χ0n) is 16.8. The zero-order valence-corrected chi connectivity index (χ0v) is 16.8. The molecule has 31 heavy (non-hydrogen) atoms. The number of carbonyl (C=O) groups excluding carboxylic acids is 1. The molecule has 3 N–H and O–H groups in total. The topological polar surface area (TPSA) is 119 Å². The van der Waals surface area contributed by atoms with Gasteiger partial charge in [0.25, 0.3) is 0 Å². The van der Waals surface area contributed by atoms with Crippen LogP contribution < -0.4 is 20.2 Å². The van der Waals surface area contributed by atoms with E-state index in [1.54, 1.807) is 18.3 Å². The second-order valence-corrected chi connectivity index (χ2v) is 7.33. The van der Waals surface area contributed by atoms with Gasteiger partial charge in [-0.25, -0.2) is 14.8 Å². The number of nitrogens with zero attached hydrogens (tertiary/aromatic N) is 4. The smallest absolute Gasteiger partial charge is 0.437 e. The Hall–Kier alpha value is -3.92. The normalized spacial score (nSPS) is 13.3. The summed E-state index contributed by atoms with van der Waals surface area (Å²) in [6.07, 6.45) is 4.83. The summed E-state index contributed by atoms with van der Waals surface area (Å²) < 4.78 is 7.25. The highest BCUT2D eigenvalue weighted by molar-refractivity contribution is 5.86. The maximum absolute atomic E-state index is 12.3. The number of hydrogen-bond acceptors (Lipinski definition) is 7. The highest BCUT2D eigenvalue weighted by Crippen LogP contribution is 2.39. The molecule has 0 unspecified atom stereocenters. The minimum absolute atomic E-state index is 0.446. The number of carbonyl (C=O) groups is 1. The van der Waals surface area contributed by atoms with Gasteiger partial charge < -0.3 is 14.9 Å². The number of aromatic nitrogens is 5. The molecule has 0 bridgehead atoms. The molecule has 0 saturated heterocycles. The summed E-state index contributed by atoms with van der Waals surface area (Å²) in [5, 5.41) is 13.6. The van der Waals surface area contributed by atoms with Crippen LogP contribution in [-0.4, -0.2) is 38.0 Å². The minimum Gasteiger partial charge on any atom is -0.439 e. The molecule has 3 aromatic heterocycles. The van der Waals surface area contributed by atoms with Gasteiger partial charge in [-0.05, 0) is 44.2 Å². The first-order valence-electron chi connectivity index (χ1n) is 9.97. The van der Waals surface area contributed by atoms with E-state index < -0.39 is 6.09 Å². The van der Waals surface area contributed by atoms with Crippen molar-refractivity contribution in [3.05, 3.63) is 60.3 Å². The van der Waals surface area contributed by atoms with Crippen LogP contribution in [0.15, 0.2) is 48.9 Å². The van der Waals surface area contributed by atoms with Crippen molar-refractivity contribution in [2.24, 2.45) is 0 Å². The minimum atomic E-state index is -0.621. The third kappa shape index (κ3) is 4.33. The number of H-pyrrole nitrogens is 1. The lowest BCUT2D eigenvalue weighted by Gasteiger charge is -2.08.